The van der Waals surface area contributed by atoms with Gasteiger partial charge in [0.15, 0.2) is 0 Å². The number of hydrogen-bond donors (Lipinski definition) is 2. The van der Waals surface area contributed by atoms with Crippen LogP contribution >= 0.6 is 0 Å². The summed E-state index contributed by atoms with van der Waals surface area (Å²) < 4.78 is 40.2. The molecule has 1 fully saturated rings. The van der Waals surface area contributed by atoms with E-state index in [-0.39, 0.29) is 30.3 Å². The first-order valence-corrected chi connectivity index (χ1v) is 7.80. The summed E-state index contributed by atoms with van der Waals surface area (Å²) in [5.41, 5.74) is 0.675. The Morgan fingerprint density at radius 3 is 2.67 bits per heavy atom. The molecular formula is C16H21F3N2O3. The molecule has 0 spiro atoms. The molecule has 2 rings (SSSR count). The lowest BCUT2D eigenvalue weighted by Gasteiger charge is -2.32. The molecule has 0 aliphatic carbocycles. The van der Waals surface area contributed by atoms with E-state index in [1.165, 1.54) is 24.3 Å². The fraction of sp³-hybridized carbons (Fsp3) is 0.562. The first-order chi connectivity index (χ1) is 11.3. The van der Waals surface area contributed by atoms with Crippen molar-refractivity contribution in [3.05, 3.63) is 29.8 Å². The lowest BCUT2D eigenvalue weighted by atomic mass is 9.99. The standard InChI is InChI=1S/C16H21F3N2O3/c1-11(13-4-6-14(7-5-13)24-16(17,18)19)20-15(23)21-8-2-3-12(9-21)10-22/h4-7,11-12,22H,2-3,8-10H2,1H3,(H,20,23)/t11-,12?/m0/s1. The Morgan fingerprint density at radius 2 is 2.08 bits per heavy atom. The van der Waals surface area contributed by atoms with Crippen LogP contribution in [0.4, 0.5) is 18.0 Å². The smallest absolute Gasteiger partial charge is 0.406 e. The summed E-state index contributed by atoms with van der Waals surface area (Å²) in [4.78, 5) is 13.9. The molecule has 1 aromatic carbocycles. The molecule has 1 aliphatic heterocycles. The second kappa shape index (κ2) is 7.74. The third-order valence-corrected chi connectivity index (χ3v) is 4.02. The van der Waals surface area contributed by atoms with Gasteiger partial charge in [0.05, 0.1) is 6.04 Å². The zero-order valence-electron chi connectivity index (χ0n) is 13.3. The van der Waals surface area contributed by atoms with E-state index in [9.17, 15) is 23.1 Å². The van der Waals surface area contributed by atoms with Crippen LogP contribution in [0.2, 0.25) is 0 Å². The van der Waals surface area contributed by atoms with Crippen molar-refractivity contribution in [1.29, 1.82) is 0 Å². The fourth-order valence-electron chi connectivity index (χ4n) is 2.72. The number of aliphatic hydroxyl groups is 1. The Kier molecular flexibility index (Phi) is 5.93. The molecule has 0 bridgehead atoms. The lowest BCUT2D eigenvalue weighted by Crippen LogP contribution is -2.46. The predicted octanol–water partition coefficient (Wildman–Crippen LogP) is 3.06. The van der Waals surface area contributed by atoms with E-state index in [4.69, 9.17) is 0 Å². The van der Waals surface area contributed by atoms with Crippen molar-refractivity contribution in [3.8, 4) is 5.75 Å². The van der Waals surface area contributed by atoms with Gasteiger partial charge in [-0.05, 0) is 43.4 Å². The van der Waals surface area contributed by atoms with Gasteiger partial charge in [-0.3, -0.25) is 0 Å². The molecule has 1 aliphatic rings. The summed E-state index contributed by atoms with van der Waals surface area (Å²) in [5, 5.41) is 12.0. The first-order valence-electron chi connectivity index (χ1n) is 7.80. The third-order valence-electron chi connectivity index (χ3n) is 4.02. The summed E-state index contributed by atoms with van der Waals surface area (Å²) in [7, 11) is 0. The topological polar surface area (TPSA) is 61.8 Å². The highest BCUT2D eigenvalue weighted by atomic mass is 19.4. The number of nitrogens with zero attached hydrogens (tertiary/aromatic N) is 1. The molecule has 2 atom stereocenters. The normalized spacial score (nSPS) is 19.7. The van der Waals surface area contributed by atoms with E-state index < -0.39 is 6.36 Å². The number of halogens is 3. The second-order valence-corrected chi connectivity index (χ2v) is 5.92. The summed E-state index contributed by atoms with van der Waals surface area (Å²) >= 11 is 0. The minimum Gasteiger partial charge on any atom is -0.406 e. The Balaban J connectivity index is 1.91. The average Bonchev–Trinajstić information content (AvgIpc) is 2.54. The van der Waals surface area contributed by atoms with E-state index in [1.54, 1.807) is 11.8 Å². The maximum atomic E-state index is 12.3. The van der Waals surface area contributed by atoms with Crippen LogP contribution in [0.5, 0.6) is 5.75 Å². The van der Waals surface area contributed by atoms with Gasteiger partial charge < -0.3 is 20.1 Å². The van der Waals surface area contributed by atoms with Crippen molar-refractivity contribution in [2.24, 2.45) is 5.92 Å². The number of amides is 2. The molecule has 1 heterocycles. The highest BCUT2D eigenvalue weighted by molar-refractivity contribution is 5.74. The molecule has 0 aromatic heterocycles. The number of urea groups is 1. The van der Waals surface area contributed by atoms with Gasteiger partial charge in [-0.25, -0.2) is 4.79 Å². The maximum Gasteiger partial charge on any atom is 0.573 e. The van der Waals surface area contributed by atoms with Crippen LogP contribution in [-0.2, 0) is 0 Å². The quantitative estimate of drug-likeness (QED) is 0.881. The number of likely N-dealkylation sites (tertiary alicyclic amines) is 1. The molecule has 8 heteroatoms. The van der Waals surface area contributed by atoms with E-state index in [2.05, 4.69) is 10.1 Å². The summed E-state index contributed by atoms with van der Waals surface area (Å²) in [6.45, 7) is 2.95. The Hall–Kier alpha value is -1.96. The van der Waals surface area contributed by atoms with Crippen molar-refractivity contribution in [2.45, 2.75) is 32.2 Å². The van der Waals surface area contributed by atoms with Crippen LogP contribution in [-0.4, -0.2) is 42.1 Å². The molecule has 0 saturated carbocycles. The van der Waals surface area contributed by atoms with E-state index in [1.807, 2.05) is 0 Å². The molecule has 2 amide bonds. The van der Waals surface area contributed by atoms with Crippen LogP contribution in [0.1, 0.15) is 31.4 Å². The van der Waals surface area contributed by atoms with Gasteiger partial charge in [-0.1, -0.05) is 12.1 Å². The monoisotopic (exact) mass is 346 g/mol. The third kappa shape index (κ3) is 5.30. The number of benzene rings is 1. The molecule has 24 heavy (non-hydrogen) atoms. The number of carbonyl (C=O) groups excluding carboxylic acids is 1. The van der Waals surface area contributed by atoms with Crippen molar-refractivity contribution < 1.29 is 27.8 Å². The average molecular weight is 346 g/mol. The highest BCUT2D eigenvalue weighted by Crippen LogP contribution is 2.24. The first kappa shape index (κ1) is 18.4. The van der Waals surface area contributed by atoms with Gasteiger partial charge in [-0.15, -0.1) is 13.2 Å². The van der Waals surface area contributed by atoms with E-state index in [0.717, 1.165) is 12.8 Å². The number of aliphatic hydroxyl groups excluding tert-OH is 1. The molecule has 1 aromatic rings. The second-order valence-electron chi connectivity index (χ2n) is 5.92. The van der Waals surface area contributed by atoms with Gasteiger partial charge in [-0.2, -0.15) is 0 Å². The summed E-state index contributed by atoms with van der Waals surface area (Å²) in [5.74, 6) is -0.204. The molecule has 5 nitrogen and oxygen atoms in total. The Morgan fingerprint density at radius 1 is 1.42 bits per heavy atom. The number of carbonyl (C=O) groups is 1. The van der Waals surface area contributed by atoms with Crippen LogP contribution in [0.15, 0.2) is 24.3 Å². The molecular weight excluding hydrogens is 325 g/mol. The fourth-order valence-corrected chi connectivity index (χ4v) is 2.72. The molecule has 2 N–H and O–H groups in total. The van der Waals surface area contributed by atoms with Gasteiger partial charge >= 0.3 is 12.4 Å². The van der Waals surface area contributed by atoms with Crippen LogP contribution in [0.3, 0.4) is 0 Å². The minimum absolute atomic E-state index is 0.0556. The van der Waals surface area contributed by atoms with Gasteiger partial charge in [0.25, 0.3) is 0 Å². The van der Waals surface area contributed by atoms with E-state index >= 15 is 0 Å². The Labute approximate surface area is 138 Å². The number of nitrogens with one attached hydrogen (secondary N) is 1. The van der Waals surface area contributed by atoms with Crippen molar-refractivity contribution in [1.82, 2.24) is 10.2 Å². The number of alkyl halides is 3. The van der Waals surface area contributed by atoms with Gasteiger partial charge in [0, 0.05) is 19.7 Å². The number of rotatable bonds is 4. The number of ether oxygens (including phenoxy) is 1. The Bertz CT molecular complexity index is 548. The SMILES string of the molecule is C[C@H](NC(=O)N1CCCC(CO)C1)c1ccc(OC(F)(F)F)cc1. The lowest BCUT2D eigenvalue weighted by molar-refractivity contribution is -0.274. The number of piperidine rings is 1. The maximum absolute atomic E-state index is 12.3. The molecule has 134 valence electrons. The van der Waals surface area contributed by atoms with Crippen molar-refractivity contribution in [2.75, 3.05) is 19.7 Å². The van der Waals surface area contributed by atoms with Gasteiger partial charge in [0.1, 0.15) is 5.75 Å². The molecule has 1 saturated heterocycles. The summed E-state index contributed by atoms with van der Waals surface area (Å²) in [6, 6.07) is 4.81. The zero-order valence-corrected chi connectivity index (χ0v) is 13.3. The van der Waals surface area contributed by atoms with Crippen LogP contribution in [0, 0.1) is 5.92 Å². The molecule has 0 radical (unpaired) electrons. The molecule has 1 unspecified atom stereocenters. The summed E-state index contributed by atoms with van der Waals surface area (Å²) in [6.07, 6.45) is -2.98. The predicted molar refractivity (Wildman–Crippen MR) is 81.5 cm³/mol. The van der Waals surface area contributed by atoms with Crippen LogP contribution < -0.4 is 10.1 Å². The highest BCUT2D eigenvalue weighted by Gasteiger charge is 2.31. The van der Waals surface area contributed by atoms with Gasteiger partial charge in [0.2, 0.25) is 0 Å². The van der Waals surface area contributed by atoms with Crippen molar-refractivity contribution in [3.63, 3.8) is 0 Å². The van der Waals surface area contributed by atoms with Crippen molar-refractivity contribution >= 4 is 6.03 Å². The largest absolute Gasteiger partial charge is 0.573 e. The minimum atomic E-state index is -4.72. The number of hydrogen-bond acceptors (Lipinski definition) is 3. The van der Waals surface area contributed by atoms with E-state index in [0.29, 0.717) is 18.7 Å². The van der Waals surface area contributed by atoms with Crippen LogP contribution in [0.25, 0.3) is 0 Å². The zero-order chi connectivity index (χ0) is 17.7.